The average molecular weight is 333 g/mol. The highest BCUT2D eigenvalue weighted by Crippen LogP contribution is 2.23. The Morgan fingerprint density at radius 2 is 1.89 bits per heavy atom. The highest BCUT2D eigenvalue weighted by atomic mass is 79.9. The van der Waals surface area contributed by atoms with Crippen molar-refractivity contribution in [3.8, 4) is 0 Å². The van der Waals surface area contributed by atoms with Crippen LogP contribution in [0.1, 0.15) is 23.2 Å². The van der Waals surface area contributed by atoms with Gasteiger partial charge in [-0.15, -0.1) is 0 Å². The van der Waals surface area contributed by atoms with Crippen LogP contribution in [-0.4, -0.2) is 37.0 Å². The molecule has 104 valence electrons. The van der Waals surface area contributed by atoms with E-state index in [4.69, 9.17) is 0 Å². The molecule has 0 unspecified atom stereocenters. The summed E-state index contributed by atoms with van der Waals surface area (Å²) in [7, 11) is 1.90. The van der Waals surface area contributed by atoms with Crippen LogP contribution in [0.5, 0.6) is 0 Å². The molecular formula is C13H15BrF2N2O. The number of hydrogen-bond acceptors (Lipinski definition) is 2. The Morgan fingerprint density at radius 3 is 2.47 bits per heavy atom. The first-order valence-electron chi connectivity index (χ1n) is 6.14. The van der Waals surface area contributed by atoms with Crippen molar-refractivity contribution in [3.63, 3.8) is 0 Å². The first-order valence-corrected chi connectivity index (χ1v) is 6.93. The fraction of sp³-hybridized carbons (Fsp3) is 0.462. The third-order valence-corrected chi connectivity index (χ3v) is 4.09. The normalized spacial score (nSPS) is 16.7. The van der Waals surface area contributed by atoms with E-state index in [9.17, 15) is 13.6 Å². The molecule has 0 bridgehead atoms. The second-order valence-corrected chi connectivity index (χ2v) is 5.46. The van der Waals surface area contributed by atoms with Crippen LogP contribution in [0.2, 0.25) is 0 Å². The van der Waals surface area contributed by atoms with Crippen LogP contribution in [-0.2, 0) is 0 Å². The molecule has 0 atom stereocenters. The second kappa shape index (κ2) is 5.96. The number of carbonyl (C=O) groups is 1. The molecule has 0 saturated carbocycles. The SMILES string of the molecule is CNC1CCN(C(=O)c2cc(F)c(F)cc2Br)CC1. The number of nitrogens with one attached hydrogen (secondary N) is 1. The molecule has 2 rings (SSSR count). The molecule has 1 aliphatic heterocycles. The van der Waals surface area contributed by atoms with E-state index in [1.807, 2.05) is 7.05 Å². The molecule has 1 fully saturated rings. The topological polar surface area (TPSA) is 32.3 Å². The van der Waals surface area contributed by atoms with E-state index in [-0.39, 0.29) is 15.9 Å². The van der Waals surface area contributed by atoms with Crippen LogP contribution in [0.4, 0.5) is 8.78 Å². The Morgan fingerprint density at radius 1 is 1.32 bits per heavy atom. The highest BCUT2D eigenvalue weighted by molar-refractivity contribution is 9.10. The van der Waals surface area contributed by atoms with Gasteiger partial charge in [0.15, 0.2) is 11.6 Å². The van der Waals surface area contributed by atoms with E-state index >= 15 is 0 Å². The number of carbonyl (C=O) groups excluding carboxylic acids is 1. The van der Waals surface area contributed by atoms with Crippen LogP contribution in [0.3, 0.4) is 0 Å². The van der Waals surface area contributed by atoms with Crippen molar-refractivity contribution >= 4 is 21.8 Å². The maximum atomic E-state index is 13.2. The average Bonchev–Trinajstić information content (AvgIpc) is 2.42. The fourth-order valence-corrected chi connectivity index (χ4v) is 2.71. The highest BCUT2D eigenvalue weighted by Gasteiger charge is 2.25. The predicted octanol–water partition coefficient (Wildman–Crippen LogP) is 2.55. The molecule has 1 aliphatic rings. The van der Waals surface area contributed by atoms with Crippen LogP contribution in [0.15, 0.2) is 16.6 Å². The van der Waals surface area contributed by atoms with E-state index in [0.717, 1.165) is 25.0 Å². The van der Waals surface area contributed by atoms with Gasteiger partial charge in [-0.25, -0.2) is 8.78 Å². The molecule has 1 aromatic rings. The lowest BCUT2D eigenvalue weighted by Gasteiger charge is -2.32. The number of hydrogen-bond donors (Lipinski definition) is 1. The van der Waals surface area contributed by atoms with E-state index in [1.54, 1.807) is 4.90 Å². The van der Waals surface area contributed by atoms with Crippen molar-refractivity contribution in [1.29, 1.82) is 0 Å². The molecule has 1 saturated heterocycles. The van der Waals surface area contributed by atoms with Crippen molar-refractivity contribution in [2.24, 2.45) is 0 Å². The summed E-state index contributed by atoms with van der Waals surface area (Å²) in [6.07, 6.45) is 1.73. The minimum absolute atomic E-state index is 0.168. The minimum Gasteiger partial charge on any atom is -0.338 e. The molecule has 1 amide bonds. The van der Waals surface area contributed by atoms with Crippen LogP contribution < -0.4 is 5.32 Å². The molecule has 0 radical (unpaired) electrons. The molecule has 3 nitrogen and oxygen atoms in total. The number of piperidine rings is 1. The van der Waals surface area contributed by atoms with E-state index < -0.39 is 11.6 Å². The smallest absolute Gasteiger partial charge is 0.255 e. The summed E-state index contributed by atoms with van der Waals surface area (Å²) in [5, 5.41) is 3.17. The zero-order valence-electron chi connectivity index (χ0n) is 10.5. The largest absolute Gasteiger partial charge is 0.338 e. The first-order chi connectivity index (χ1) is 9.02. The monoisotopic (exact) mass is 332 g/mol. The number of nitrogens with zero attached hydrogens (tertiary/aromatic N) is 1. The third-order valence-electron chi connectivity index (χ3n) is 3.43. The van der Waals surface area contributed by atoms with E-state index in [1.165, 1.54) is 0 Å². The van der Waals surface area contributed by atoms with Crippen molar-refractivity contribution < 1.29 is 13.6 Å². The van der Waals surface area contributed by atoms with Crippen molar-refractivity contribution in [3.05, 3.63) is 33.8 Å². The summed E-state index contributed by atoms with van der Waals surface area (Å²) in [4.78, 5) is 13.9. The lowest BCUT2D eigenvalue weighted by Crippen LogP contribution is -2.44. The Kier molecular flexibility index (Phi) is 4.52. The van der Waals surface area contributed by atoms with Crippen LogP contribution >= 0.6 is 15.9 Å². The molecule has 1 heterocycles. The minimum atomic E-state index is -1.00. The Bertz CT molecular complexity index is 488. The summed E-state index contributed by atoms with van der Waals surface area (Å²) in [6.45, 7) is 1.24. The molecule has 6 heteroatoms. The Balaban J connectivity index is 2.14. The fourth-order valence-electron chi connectivity index (χ4n) is 2.23. The summed E-state index contributed by atoms with van der Waals surface area (Å²) in [5.74, 6) is -2.23. The Hall–Kier alpha value is -1.01. The lowest BCUT2D eigenvalue weighted by molar-refractivity contribution is 0.0706. The molecule has 19 heavy (non-hydrogen) atoms. The summed E-state index contributed by atoms with van der Waals surface area (Å²) < 4.78 is 26.5. The molecule has 1 aromatic carbocycles. The van der Waals surface area contributed by atoms with Gasteiger partial charge in [0.25, 0.3) is 5.91 Å². The van der Waals surface area contributed by atoms with Crippen molar-refractivity contribution in [1.82, 2.24) is 10.2 Å². The lowest BCUT2D eigenvalue weighted by atomic mass is 10.0. The van der Waals surface area contributed by atoms with Gasteiger partial charge >= 0.3 is 0 Å². The van der Waals surface area contributed by atoms with Gasteiger partial charge in [-0.1, -0.05) is 0 Å². The van der Waals surface area contributed by atoms with Crippen molar-refractivity contribution in [2.45, 2.75) is 18.9 Å². The molecular weight excluding hydrogens is 318 g/mol. The second-order valence-electron chi connectivity index (χ2n) is 4.60. The van der Waals surface area contributed by atoms with Crippen LogP contribution in [0, 0.1) is 11.6 Å². The van der Waals surface area contributed by atoms with Gasteiger partial charge < -0.3 is 10.2 Å². The maximum absolute atomic E-state index is 13.2. The van der Waals surface area contributed by atoms with Gasteiger partial charge in [-0.3, -0.25) is 4.79 Å². The summed E-state index contributed by atoms with van der Waals surface area (Å²) >= 11 is 3.11. The number of halogens is 3. The maximum Gasteiger partial charge on any atom is 0.255 e. The van der Waals surface area contributed by atoms with E-state index in [0.29, 0.717) is 19.1 Å². The number of benzene rings is 1. The Labute approximate surface area is 119 Å². The van der Waals surface area contributed by atoms with Gasteiger partial charge in [0.1, 0.15) is 0 Å². The van der Waals surface area contributed by atoms with Crippen LogP contribution in [0.25, 0.3) is 0 Å². The predicted molar refractivity (Wildman–Crippen MR) is 72.0 cm³/mol. The van der Waals surface area contributed by atoms with Gasteiger partial charge in [0.05, 0.1) is 5.56 Å². The summed E-state index contributed by atoms with van der Waals surface area (Å²) in [6, 6.07) is 2.35. The zero-order valence-corrected chi connectivity index (χ0v) is 12.1. The third kappa shape index (κ3) is 3.12. The number of rotatable bonds is 2. The molecule has 0 aromatic heterocycles. The zero-order chi connectivity index (χ0) is 14.0. The number of amides is 1. The molecule has 0 spiro atoms. The van der Waals surface area contributed by atoms with Gasteiger partial charge in [-0.05, 0) is 48.0 Å². The standard InChI is InChI=1S/C13H15BrF2N2O/c1-17-8-2-4-18(5-3-8)13(19)9-6-11(15)12(16)7-10(9)14/h6-8,17H,2-5H2,1H3. The quantitative estimate of drug-likeness (QED) is 0.844. The van der Waals surface area contributed by atoms with Crippen molar-refractivity contribution in [2.75, 3.05) is 20.1 Å². The number of likely N-dealkylation sites (tertiary alicyclic amines) is 1. The molecule has 1 N–H and O–H groups in total. The summed E-state index contributed by atoms with van der Waals surface area (Å²) in [5.41, 5.74) is 0.168. The first kappa shape index (κ1) is 14.4. The van der Waals surface area contributed by atoms with Gasteiger partial charge in [-0.2, -0.15) is 0 Å². The van der Waals surface area contributed by atoms with Gasteiger partial charge in [0.2, 0.25) is 0 Å². The molecule has 0 aliphatic carbocycles. The van der Waals surface area contributed by atoms with Gasteiger partial charge in [0, 0.05) is 23.6 Å². The van der Waals surface area contributed by atoms with E-state index in [2.05, 4.69) is 21.2 Å².